The summed E-state index contributed by atoms with van der Waals surface area (Å²) in [7, 11) is -1.04. The zero-order chi connectivity index (χ0) is 36.6. The molecule has 2 fully saturated rings. The minimum atomic E-state index is -2.19. The van der Waals surface area contributed by atoms with Gasteiger partial charge in [0.2, 0.25) is 0 Å². The van der Waals surface area contributed by atoms with Gasteiger partial charge in [0.15, 0.2) is 22.4 Å². The zero-order valence-corrected chi connectivity index (χ0v) is 34.8. The second kappa shape index (κ2) is 14.4. The maximum Gasteiger partial charge on any atom is 0.319 e. The number of hydrogen-bond donors (Lipinski definition) is 0. The van der Waals surface area contributed by atoms with Crippen molar-refractivity contribution in [1.82, 2.24) is 0 Å². The summed E-state index contributed by atoms with van der Waals surface area (Å²) in [6.45, 7) is 29.9. The standard InChI is InChI=1S/C39H66O7Si2/c1-28-25-39(46-48(14,15)36(5,6)7)32(37(39,8)9)24-33(40)38(28,34(41)43-11)26-31(44-27-29-19-21-30(42-10)22-20-29)18-16-17-23-45-47(12,13)35(2,3)4/h16-17,19-22,28,31-32H,18,23-27H2,1-15H3/b17-16+/t28-,31-,32-,38?,39+/m1/s1. The van der Waals surface area contributed by atoms with Crippen LogP contribution >= 0.6 is 0 Å². The molecule has 1 aromatic carbocycles. The number of Topliss-reactive ketones (excluding diaryl/α,β-unsaturated/α-hetero) is 1. The number of ether oxygens (including phenoxy) is 3. The Balaban J connectivity index is 1.94. The van der Waals surface area contributed by atoms with Gasteiger partial charge < -0.3 is 23.1 Å². The molecule has 2 aliphatic carbocycles. The van der Waals surface area contributed by atoms with Gasteiger partial charge >= 0.3 is 5.97 Å². The Labute approximate surface area is 294 Å². The van der Waals surface area contributed by atoms with Crippen LogP contribution in [0.2, 0.25) is 36.3 Å². The van der Waals surface area contributed by atoms with Crippen molar-refractivity contribution in [2.75, 3.05) is 20.8 Å². The Hall–Kier alpha value is -1.79. The SMILES string of the molecule is COC(=O)C1(C[C@@H](C/C=C/CO[Si](C)(C)C(C)(C)C)OCc2ccc(OC)cc2)C(=O)C[C@@H]2C(C)(C)[C@]2(O[Si](C)(C)C(C)(C)C)C[C@H]1C. The van der Waals surface area contributed by atoms with E-state index in [1.165, 1.54) is 7.11 Å². The zero-order valence-electron chi connectivity index (χ0n) is 32.8. The largest absolute Gasteiger partial charge is 0.497 e. The van der Waals surface area contributed by atoms with Gasteiger partial charge in [-0.3, -0.25) is 9.59 Å². The third kappa shape index (κ3) is 8.06. The molecule has 2 saturated carbocycles. The van der Waals surface area contributed by atoms with Crippen molar-refractivity contribution < 1.29 is 32.7 Å². The predicted octanol–water partition coefficient (Wildman–Crippen LogP) is 9.51. The van der Waals surface area contributed by atoms with E-state index >= 15 is 0 Å². The monoisotopic (exact) mass is 702 g/mol. The van der Waals surface area contributed by atoms with Crippen molar-refractivity contribution in [3.8, 4) is 5.75 Å². The summed E-state index contributed by atoms with van der Waals surface area (Å²) in [6.07, 6.45) is 5.42. The average molecular weight is 703 g/mol. The van der Waals surface area contributed by atoms with E-state index in [1.807, 2.05) is 37.3 Å². The lowest BCUT2D eigenvalue weighted by Crippen LogP contribution is -2.50. The molecule has 9 heteroatoms. The summed E-state index contributed by atoms with van der Waals surface area (Å²) in [5.41, 5.74) is -0.964. The van der Waals surface area contributed by atoms with Crippen LogP contribution in [0.25, 0.3) is 0 Å². The van der Waals surface area contributed by atoms with Crippen LogP contribution in [-0.4, -0.2) is 60.9 Å². The van der Waals surface area contributed by atoms with Crippen molar-refractivity contribution in [1.29, 1.82) is 0 Å². The molecule has 1 unspecified atom stereocenters. The highest BCUT2D eigenvalue weighted by Gasteiger charge is 2.77. The highest BCUT2D eigenvalue weighted by molar-refractivity contribution is 6.74. The molecule has 0 aromatic heterocycles. The number of benzene rings is 1. The van der Waals surface area contributed by atoms with Gasteiger partial charge in [0.05, 0.1) is 39.1 Å². The van der Waals surface area contributed by atoms with E-state index in [2.05, 4.69) is 87.7 Å². The van der Waals surface area contributed by atoms with E-state index < -0.39 is 39.7 Å². The molecule has 0 heterocycles. The molecule has 48 heavy (non-hydrogen) atoms. The van der Waals surface area contributed by atoms with Crippen molar-refractivity contribution in [3.63, 3.8) is 0 Å². The number of methoxy groups -OCH3 is 2. The molecule has 0 aliphatic heterocycles. The van der Waals surface area contributed by atoms with Crippen LogP contribution in [0.4, 0.5) is 0 Å². The molecule has 0 N–H and O–H groups in total. The summed E-state index contributed by atoms with van der Waals surface area (Å²) in [5.74, 6) is 0.00254. The lowest BCUT2D eigenvalue weighted by molar-refractivity contribution is -0.166. The Morgan fingerprint density at radius 2 is 1.54 bits per heavy atom. The van der Waals surface area contributed by atoms with Gasteiger partial charge in [0.25, 0.3) is 0 Å². The summed E-state index contributed by atoms with van der Waals surface area (Å²) in [5, 5.41) is 0.139. The van der Waals surface area contributed by atoms with Crippen LogP contribution in [0.15, 0.2) is 36.4 Å². The van der Waals surface area contributed by atoms with Gasteiger partial charge in [-0.1, -0.05) is 86.6 Å². The van der Waals surface area contributed by atoms with Crippen LogP contribution in [0.3, 0.4) is 0 Å². The molecule has 0 bridgehead atoms. The molecule has 0 saturated heterocycles. The third-order valence-corrected chi connectivity index (χ3v) is 21.7. The Morgan fingerprint density at radius 3 is 2.06 bits per heavy atom. The van der Waals surface area contributed by atoms with E-state index in [9.17, 15) is 9.59 Å². The number of rotatable bonds is 14. The lowest BCUT2D eigenvalue weighted by atomic mass is 9.66. The van der Waals surface area contributed by atoms with Gasteiger partial charge in [-0.05, 0) is 84.6 Å². The molecule has 7 nitrogen and oxygen atoms in total. The molecule has 2 aliphatic rings. The van der Waals surface area contributed by atoms with Crippen LogP contribution in [-0.2, 0) is 34.5 Å². The second-order valence-corrected chi connectivity index (χ2v) is 27.5. The second-order valence-electron chi connectivity index (χ2n) is 18.0. The van der Waals surface area contributed by atoms with E-state index in [1.54, 1.807) is 7.11 Å². The van der Waals surface area contributed by atoms with Crippen molar-refractivity contribution in [2.24, 2.45) is 22.7 Å². The molecule has 0 amide bonds. The van der Waals surface area contributed by atoms with Crippen LogP contribution in [0, 0.1) is 22.7 Å². The van der Waals surface area contributed by atoms with E-state index in [0.29, 0.717) is 32.5 Å². The van der Waals surface area contributed by atoms with E-state index in [-0.39, 0.29) is 39.5 Å². The molecule has 3 rings (SSSR count). The van der Waals surface area contributed by atoms with E-state index in [4.69, 9.17) is 23.1 Å². The number of carbonyl (C=O) groups is 2. The van der Waals surface area contributed by atoms with Gasteiger partial charge in [0.1, 0.15) is 11.2 Å². The molecule has 0 spiro atoms. The number of carbonyl (C=O) groups excluding carboxylic acids is 2. The molecule has 272 valence electrons. The van der Waals surface area contributed by atoms with Gasteiger partial charge in [-0.25, -0.2) is 0 Å². The Morgan fingerprint density at radius 1 is 0.958 bits per heavy atom. The fourth-order valence-electron chi connectivity index (χ4n) is 7.06. The smallest absolute Gasteiger partial charge is 0.319 e. The van der Waals surface area contributed by atoms with Gasteiger partial charge in [0, 0.05) is 12.3 Å². The minimum Gasteiger partial charge on any atom is -0.497 e. The molecule has 1 aromatic rings. The minimum absolute atomic E-state index is 0.0188. The average Bonchev–Trinajstić information content (AvgIpc) is 3.44. The maximum atomic E-state index is 14.6. The predicted molar refractivity (Wildman–Crippen MR) is 199 cm³/mol. The Bertz CT molecular complexity index is 1300. The van der Waals surface area contributed by atoms with Crippen molar-refractivity contribution in [2.45, 2.75) is 143 Å². The highest BCUT2D eigenvalue weighted by atomic mass is 28.4. The molecular weight excluding hydrogens is 637 g/mol. The fourth-order valence-corrected chi connectivity index (χ4v) is 9.71. The first-order valence-corrected chi connectivity index (χ1v) is 23.6. The normalized spacial score (nSPS) is 26.9. The first kappa shape index (κ1) is 40.6. The van der Waals surface area contributed by atoms with Crippen molar-refractivity contribution >= 4 is 28.4 Å². The number of hydrogen-bond acceptors (Lipinski definition) is 7. The molecule has 5 atom stereocenters. The number of fused-ring (bicyclic) bond motifs is 1. The van der Waals surface area contributed by atoms with Crippen LogP contribution in [0.1, 0.15) is 93.6 Å². The number of ketones is 1. The highest BCUT2D eigenvalue weighted by Crippen LogP contribution is 2.72. The van der Waals surface area contributed by atoms with Crippen LogP contribution < -0.4 is 4.74 Å². The third-order valence-electron chi connectivity index (χ3n) is 12.7. The summed E-state index contributed by atoms with van der Waals surface area (Å²) in [6, 6.07) is 7.78. The van der Waals surface area contributed by atoms with E-state index in [0.717, 1.165) is 11.3 Å². The van der Waals surface area contributed by atoms with Crippen LogP contribution in [0.5, 0.6) is 5.75 Å². The summed E-state index contributed by atoms with van der Waals surface area (Å²) in [4.78, 5) is 28.6. The Kier molecular flexibility index (Phi) is 12.2. The lowest BCUT2D eigenvalue weighted by Gasteiger charge is -2.43. The van der Waals surface area contributed by atoms with Gasteiger partial charge in [-0.2, -0.15) is 0 Å². The summed E-state index contributed by atoms with van der Waals surface area (Å²) >= 11 is 0. The quantitative estimate of drug-likeness (QED) is 0.0827. The first-order chi connectivity index (χ1) is 21.9. The molecule has 0 radical (unpaired) electrons. The topological polar surface area (TPSA) is 80.3 Å². The van der Waals surface area contributed by atoms with Crippen molar-refractivity contribution in [3.05, 3.63) is 42.0 Å². The fraction of sp³-hybridized carbons (Fsp3) is 0.744. The number of esters is 1. The summed E-state index contributed by atoms with van der Waals surface area (Å²) < 4.78 is 31.0. The van der Waals surface area contributed by atoms with Gasteiger partial charge in [-0.15, -0.1) is 0 Å². The molecular formula is C39H66O7Si2. The maximum absolute atomic E-state index is 14.6. The first-order valence-electron chi connectivity index (χ1n) is 17.8.